The van der Waals surface area contributed by atoms with Crippen LogP contribution in [0.25, 0.3) is 0 Å². The van der Waals surface area contributed by atoms with Gasteiger partial charge in [0.2, 0.25) is 0 Å². The number of ether oxygens (including phenoxy) is 1. The summed E-state index contributed by atoms with van der Waals surface area (Å²) in [6.07, 6.45) is 6.16. The monoisotopic (exact) mass is 220 g/mol. The minimum Gasteiger partial charge on any atom is -0.494 e. The van der Waals surface area contributed by atoms with Crippen LogP contribution >= 0.6 is 0 Å². The maximum Gasteiger partial charge on any atom is 0.119 e. The van der Waals surface area contributed by atoms with Gasteiger partial charge in [-0.1, -0.05) is 30.4 Å². The summed E-state index contributed by atoms with van der Waals surface area (Å²) in [6.45, 7) is 2.63. The molecule has 0 radical (unpaired) electrons. The van der Waals surface area contributed by atoms with Gasteiger partial charge in [-0.25, -0.2) is 0 Å². The lowest BCUT2D eigenvalue weighted by Crippen LogP contribution is -2.03. The predicted molar refractivity (Wildman–Crippen MR) is 66.6 cm³/mol. The van der Waals surface area contributed by atoms with Crippen molar-refractivity contribution in [1.29, 1.82) is 0 Å². The predicted octanol–water partition coefficient (Wildman–Crippen LogP) is 3.17. The quantitative estimate of drug-likeness (QED) is 0.565. The molecule has 2 nitrogen and oxygen atoms in total. The number of rotatable bonds is 7. The van der Waals surface area contributed by atoms with Crippen molar-refractivity contribution in [1.82, 2.24) is 0 Å². The van der Waals surface area contributed by atoms with E-state index in [0.717, 1.165) is 25.0 Å². The molecule has 0 spiro atoms. The van der Waals surface area contributed by atoms with E-state index in [1.165, 1.54) is 0 Å². The minimum absolute atomic E-state index is 0.304. The molecule has 1 rings (SSSR count). The normalized spacial score (nSPS) is 12.9. The van der Waals surface area contributed by atoms with Crippen LogP contribution in [0.5, 0.6) is 5.75 Å². The van der Waals surface area contributed by atoms with Crippen LogP contribution in [0.15, 0.2) is 42.5 Å². The van der Waals surface area contributed by atoms with Crippen molar-refractivity contribution in [3.63, 3.8) is 0 Å². The van der Waals surface area contributed by atoms with Crippen LogP contribution in [-0.2, 0) is 0 Å². The molecule has 1 aromatic carbocycles. The smallest absolute Gasteiger partial charge is 0.119 e. The van der Waals surface area contributed by atoms with Gasteiger partial charge in [-0.05, 0) is 38.3 Å². The number of hydrogen-bond acceptors (Lipinski definition) is 2. The van der Waals surface area contributed by atoms with E-state index >= 15 is 0 Å². The van der Waals surface area contributed by atoms with Crippen molar-refractivity contribution in [2.75, 3.05) is 6.61 Å². The lowest BCUT2D eigenvalue weighted by molar-refractivity contribution is 0.203. The maximum absolute atomic E-state index is 9.44. The molecule has 1 atom stereocenters. The molecule has 0 saturated carbocycles. The topological polar surface area (TPSA) is 29.5 Å². The Hall–Kier alpha value is -1.28. The number of aliphatic hydroxyl groups is 1. The number of hydrogen-bond donors (Lipinski definition) is 1. The van der Waals surface area contributed by atoms with Crippen LogP contribution < -0.4 is 4.74 Å². The lowest BCUT2D eigenvalue weighted by Gasteiger charge is -2.07. The molecule has 0 fully saturated rings. The molecular formula is C14H20O2. The Balaban J connectivity index is 2.04. The third-order valence-electron chi connectivity index (χ3n) is 2.32. The van der Waals surface area contributed by atoms with Crippen LogP contribution in [-0.4, -0.2) is 17.8 Å². The van der Waals surface area contributed by atoms with Crippen molar-refractivity contribution in [3.8, 4) is 5.75 Å². The van der Waals surface area contributed by atoms with E-state index < -0.39 is 0 Å². The summed E-state index contributed by atoms with van der Waals surface area (Å²) in [6, 6.07) is 9.81. The number of para-hydroxylation sites is 1. The summed E-state index contributed by atoms with van der Waals surface area (Å²) in [4.78, 5) is 0. The molecule has 0 saturated heterocycles. The Kier molecular flexibility index (Phi) is 6.35. The molecular weight excluding hydrogens is 200 g/mol. The maximum atomic E-state index is 9.44. The van der Waals surface area contributed by atoms with Crippen LogP contribution in [0, 0.1) is 0 Å². The van der Waals surface area contributed by atoms with E-state index in [9.17, 15) is 5.11 Å². The fraction of sp³-hybridized carbons (Fsp3) is 0.429. The average Bonchev–Trinajstić information content (AvgIpc) is 2.30. The number of aliphatic hydroxyl groups excluding tert-OH is 1. The number of benzene rings is 1. The van der Waals surface area contributed by atoms with E-state index in [0.29, 0.717) is 6.61 Å². The van der Waals surface area contributed by atoms with Crippen molar-refractivity contribution in [2.45, 2.75) is 32.3 Å². The van der Waals surface area contributed by atoms with Gasteiger partial charge in [0.25, 0.3) is 0 Å². The average molecular weight is 220 g/mol. The zero-order chi connectivity index (χ0) is 11.6. The van der Waals surface area contributed by atoms with E-state index in [2.05, 4.69) is 0 Å². The van der Waals surface area contributed by atoms with Gasteiger partial charge in [-0.15, -0.1) is 0 Å². The highest BCUT2D eigenvalue weighted by molar-refractivity contribution is 5.20. The van der Waals surface area contributed by atoms with Crippen LogP contribution in [0.2, 0.25) is 0 Å². The molecule has 16 heavy (non-hydrogen) atoms. The Morgan fingerprint density at radius 3 is 2.69 bits per heavy atom. The number of unbranched alkanes of at least 4 members (excludes halogenated alkanes) is 1. The molecule has 0 aromatic heterocycles. The SMILES string of the molecule is C/C=C/[C@@H](O)CCCCOc1ccccc1. The summed E-state index contributed by atoms with van der Waals surface area (Å²) in [5, 5.41) is 9.44. The molecule has 0 amide bonds. The Bertz CT molecular complexity index is 293. The second-order valence-electron chi connectivity index (χ2n) is 3.75. The molecule has 0 aliphatic heterocycles. The summed E-state index contributed by atoms with van der Waals surface area (Å²) < 4.78 is 5.55. The van der Waals surface area contributed by atoms with Gasteiger partial charge in [0, 0.05) is 0 Å². The Morgan fingerprint density at radius 2 is 2.00 bits per heavy atom. The Morgan fingerprint density at radius 1 is 1.25 bits per heavy atom. The molecule has 0 aliphatic rings. The largest absolute Gasteiger partial charge is 0.494 e. The highest BCUT2D eigenvalue weighted by Gasteiger charge is 1.98. The van der Waals surface area contributed by atoms with Gasteiger partial charge in [-0.3, -0.25) is 0 Å². The minimum atomic E-state index is -0.304. The molecule has 1 aromatic rings. The molecule has 0 aliphatic carbocycles. The lowest BCUT2D eigenvalue weighted by atomic mass is 10.1. The first-order valence-corrected chi connectivity index (χ1v) is 5.81. The number of allylic oxidation sites excluding steroid dienone is 1. The molecule has 0 unspecified atom stereocenters. The summed E-state index contributed by atoms with van der Waals surface area (Å²) >= 11 is 0. The molecule has 2 heteroatoms. The van der Waals surface area contributed by atoms with Gasteiger partial charge in [0.15, 0.2) is 0 Å². The van der Waals surface area contributed by atoms with Crippen molar-refractivity contribution < 1.29 is 9.84 Å². The highest BCUT2D eigenvalue weighted by Crippen LogP contribution is 2.09. The molecule has 1 N–H and O–H groups in total. The third kappa shape index (κ3) is 5.56. The van der Waals surface area contributed by atoms with E-state index in [-0.39, 0.29) is 6.10 Å². The Labute approximate surface area is 97.6 Å². The van der Waals surface area contributed by atoms with Crippen LogP contribution in [0.4, 0.5) is 0 Å². The van der Waals surface area contributed by atoms with Crippen molar-refractivity contribution in [3.05, 3.63) is 42.5 Å². The van der Waals surface area contributed by atoms with E-state index in [4.69, 9.17) is 4.74 Å². The zero-order valence-corrected chi connectivity index (χ0v) is 9.80. The first-order valence-electron chi connectivity index (χ1n) is 5.81. The molecule has 0 bridgehead atoms. The van der Waals surface area contributed by atoms with Gasteiger partial charge in [0.05, 0.1) is 12.7 Å². The van der Waals surface area contributed by atoms with Crippen molar-refractivity contribution >= 4 is 0 Å². The summed E-state index contributed by atoms with van der Waals surface area (Å²) in [5.41, 5.74) is 0. The van der Waals surface area contributed by atoms with Crippen molar-refractivity contribution in [2.24, 2.45) is 0 Å². The van der Waals surface area contributed by atoms with Gasteiger partial charge in [0.1, 0.15) is 5.75 Å². The van der Waals surface area contributed by atoms with E-state index in [1.54, 1.807) is 0 Å². The second kappa shape index (κ2) is 7.94. The van der Waals surface area contributed by atoms with Gasteiger partial charge in [-0.2, -0.15) is 0 Å². The van der Waals surface area contributed by atoms with E-state index in [1.807, 2.05) is 49.4 Å². The highest BCUT2D eigenvalue weighted by atomic mass is 16.5. The zero-order valence-electron chi connectivity index (χ0n) is 9.80. The standard InChI is InChI=1S/C14H20O2/c1-2-8-13(15)9-6-7-12-16-14-10-4-3-5-11-14/h2-5,8,10-11,13,15H,6-7,9,12H2,1H3/b8-2+/t13-/m1/s1. The fourth-order valence-corrected chi connectivity index (χ4v) is 1.48. The molecule has 88 valence electrons. The van der Waals surface area contributed by atoms with Crippen LogP contribution in [0.1, 0.15) is 26.2 Å². The fourth-order valence-electron chi connectivity index (χ4n) is 1.48. The summed E-state index contributed by atoms with van der Waals surface area (Å²) in [7, 11) is 0. The third-order valence-corrected chi connectivity index (χ3v) is 2.32. The first-order chi connectivity index (χ1) is 7.83. The van der Waals surface area contributed by atoms with Crippen LogP contribution in [0.3, 0.4) is 0 Å². The molecule has 0 heterocycles. The van der Waals surface area contributed by atoms with Gasteiger partial charge < -0.3 is 9.84 Å². The second-order valence-corrected chi connectivity index (χ2v) is 3.75. The first kappa shape index (κ1) is 12.8. The van der Waals surface area contributed by atoms with Gasteiger partial charge >= 0.3 is 0 Å². The summed E-state index contributed by atoms with van der Waals surface area (Å²) in [5.74, 6) is 0.913.